The highest BCUT2D eigenvalue weighted by Gasteiger charge is 2.11. The molecule has 2 rings (SSSR count). The third-order valence-electron chi connectivity index (χ3n) is 3.25. The highest BCUT2D eigenvalue weighted by Crippen LogP contribution is 2.25. The maximum absolute atomic E-state index is 5.92. The van der Waals surface area contributed by atoms with Crippen LogP contribution in [0, 0.1) is 0 Å². The van der Waals surface area contributed by atoms with Crippen molar-refractivity contribution in [2.75, 3.05) is 25.5 Å². The largest absolute Gasteiger partial charge is 0.378 e. The summed E-state index contributed by atoms with van der Waals surface area (Å²) in [5.41, 5.74) is 9.68. The highest BCUT2D eigenvalue weighted by atomic mass is 15.1. The molecule has 0 aliphatic heterocycles. The minimum absolute atomic E-state index is 0.280. The lowest BCUT2D eigenvalue weighted by molar-refractivity contribution is 0.819. The van der Waals surface area contributed by atoms with Crippen LogP contribution in [0.1, 0.15) is 17.0 Å². The van der Waals surface area contributed by atoms with Crippen LogP contribution in [-0.4, -0.2) is 20.6 Å². The number of benzene rings is 2. The summed E-state index contributed by atoms with van der Waals surface area (Å²) in [6.45, 7) is 0.630. The van der Waals surface area contributed by atoms with E-state index in [0.717, 1.165) is 0 Å². The fourth-order valence-corrected chi connectivity index (χ4v) is 2.15. The Morgan fingerprint density at radius 1 is 0.889 bits per heavy atom. The third kappa shape index (κ3) is 2.71. The molecule has 1 atom stereocenters. The number of anilines is 1. The molecule has 2 aromatic rings. The lowest BCUT2D eigenvalue weighted by Gasteiger charge is -2.18. The van der Waals surface area contributed by atoms with Gasteiger partial charge in [-0.3, -0.25) is 0 Å². The Morgan fingerprint density at radius 2 is 1.44 bits per heavy atom. The summed E-state index contributed by atoms with van der Waals surface area (Å²) in [7, 11) is 4.10. The van der Waals surface area contributed by atoms with Crippen LogP contribution in [0.15, 0.2) is 54.6 Å². The van der Waals surface area contributed by atoms with Crippen molar-refractivity contribution in [2.24, 2.45) is 5.73 Å². The van der Waals surface area contributed by atoms with Crippen molar-refractivity contribution >= 4 is 5.69 Å². The van der Waals surface area contributed by atoms with Crippen molar-refractivity contribution in [1.29, 1.82) is 0 Å². The van der Waals surface area contributed by atoms with E-state index in [1.807, 2.05) is 20.2 Å². The SMILES string of the molecule is CN(C)c1ccc(C(CN)c2ccccc2)cc1. The summed E-state index contributed by atoms with van der Waals surface area (Å²) in [6, 6.07) is 19.0. The molecule has 0 fully saturated rings. The lowest BCUT2D eigenvalue weighted by Crippen LogP contribution is -2.14. The topological polar surface area (TPSA) is 29.3 Å². The van der Waals surface area contributed by atoms with Gasteiger partial charge in [0.15, 0.2) is 0 Å². The van der Waals surface area contributed by atoms with Gasteiger partial charge in [0.05, 0.1) is 0 Å². The Bertz CT molecular complexity index is 474. The molecule has 0 spiro atoms. The van der Waals surface area contributed by atoms with Crippen LogP contribution in [0.5, 0.6) is 0 Å². The average Bonchev–Trinajstić information content (AvgIpc) is 2.41. The first-order valence-corrected chi connectivity index (χ1v) is 6.24. The summed E-state index contributed by atoms with van der Waals surface area (Å²) in [6.07, 6.45) is 0. The van der Waals surface area contributed by atoms with Crippen LogP contribution in [0.25, 0.3) is 0 Å². The van der Waals surface area contributed by atoms with E-state index >= 15 is 0 Å². The van der Waals surface area contributed by atoms with Gasteiger partial charge in [0.1, 0.15) is 0 Å². The van der Waals surface area contributed by atoms with Gasteiger partial charge in [-0.2, -0.15) is 0 Å². The molecule has 0 aliphatic rings. The minimum Gasteiger partial charge on any atom is -0.378 e. The van der Waals surface area contributed by atoms with Crippen molar-refractivity contribution in [1.82, 2.24) is 0 Å². The number of nitrogens with zero attached hydrogens (tertiary/aromatic N) is 1. The fourth-order valence-electron chi connectivity index (χ4n) is 2.15. The standard InChI is InChI=1S/C16H20N2/c1-18(2)15-10-8-14(9-11-15)16(12-17)13-6-4-3-5-7-13/h3-11,16H,12,17H2,1-2H3. The molecular weight excluding hydrogens is 220 g/mol. The molecule has 0 aliphatic carbocycles. The molecule has 0 heterocycles. The van der Waals surface area contributed by atoms with Crippen LogP contribution in [-0.2, 0) is 0 Å². The molecule has 2 aromatic carbocycles. The van der Waals surface area contributed by atoms with Gasteiger partial charge in [-0.25, -0.2) is 0 Å². The number of hydrogen-bond donors (Lipinski definition) is 1. The van der Waals surface area contributed by atoms with Gasteiger partial charge in [0.25, 0.3) is 0 Å². The Labute approximate surface area is 109 Å². The van der Waals surface area contributed by atoms with Crippen molar-refractivity contribution in [3.05, 3.63) is 65.7 Å². The molecule has 0 saturated heterocycles. The van der Waals surface area contributed by atoms with Gasteiger partial charge in [0, 0.05) is 32.2 Å². The predicted octanol–water partition coefficient (Wildman–Crippen LogP) is 2.84. The Morgan fingerprint density at radius 3 is 1.94 bits per heavy atom. The summed E-state index contributed by atoms with van der Waals surface area (Å²) in [5.74, 6) is 0.280. The van der Waals surface area contributed by atoms with E-state index in [9.17, 15) is 0 Å². The van der Waals surface area contributed by atoms with Crippen LogP contribution in [0.4, 0.5) is 5.69 Å². The molecule has 0 amide bonds. The van der Waals surface area contributed by atoms with Crippen LogP contribution in [0.3, 0.4) is 0 Å². The number of rotatable bonds is 4. The summed E-state index contributed by atoms with van der Waals surface area (Å²) in [5, 5.41) is 0. The van der Waals surface area contributed by atoms with Gasteiger partial charge in [-0.05, 0) is 23.3 Å². The fraction of sp³-hybridized carbons (Fsp3) is 0.250. The first-order chi connectivity index (χ1) is 8.72. The summed E-state index contributed by atoms with van der Waals surface area (Å²) < 4.78 is 0. The molecular formula is C16H20N2. The van der Waals surface area contributed by atoms with Crippen LogP contribution >= 0.6 is 0 Å². The Kier molecular flexibility index (Phi) is 4.00. The maximum atomic E-state index is 5.92. The Balaban J connectivity index is 2.28. The van der Waals surface area contributed by atoms with Gasteiger partial charge in [-0.1, -0.05) is 42.5 Å². The molecule has 2 heteroatoms. The average molecular weight is 240 g/mol. The first kappa shape index (κ1) is 12.7. The third-order valence-corrected chi connectivity index (χ3v) is 3.25. The normalized spacial score (nSPS) is 12.2. The molecule has 94 valence electrons. The molecule has 18 heavy (non-hydrogen) atoms. The van der Waals surface area contributed by atoms with Crippen LogP contribution < -0.4 is 10.6 Å². The van der Waals surface area contributed by atoms with E-state index in [1.165, 1.54) is 16.8 Å². The highest BCUT2D eigenvalue weighted by molar-refractivity contribution is 5.47. The second kappa shape index (κ2) is 5.69. The van der Waals surface area contributed by atoms with E-state index in [0.29, 0.717) is 6.54 Å². The molecule has 0 radical (unpaired) electrons. The first-order valence-electron chi connectivity index (χ1n) is 6.24. The number of nitrogens with two attached hydrogens (primary N) is 1. The van der Waals surface area contributed by atoms with E-state index in [1.54, 1.807) is 0 Å². The van der Waals surface area contributed by atoms with Gasteiger partial charge in [-0.15, -0.1) is 0 Å². The number of hydrogen-bond acceptors (Lipinski definition) is 2. The maximum Gasteiger partial charge on any atom is 0.0361 e. The monoisotopic (exact) mass is 240 g/mol. The lowest BCUT2D eigenvalue weighted by atomic mass is 9.91. The smallest absolute Gasteiger partial charge is 0.0361 e. The molecule has 2 N–H and O–H groups in total. The zero-order chi connectivity index (χ0) is 13.0. The molecule has 2 nitrogen and oxygen atoms in total. The van der Waals surface area contributed by atoms with Crippen molar-refractivity contribution in [3.63, 3.8) is 0 Å². The molecule has 1 unspecified atom stereocenters. The second-order valence-corrected chi connectivity index (χ2v) is 4.68. The minimum atomic E-state index is 0.280. The van der Waals surface area contributed by atoms with E-state index in [2.05, 4.69) is 53.4 Å². The predicted molar refractivity (Wildman–Crippen MR) is 78.1 cm³/mol. The quantitative estimate of drug-likeness (QED) is 0.890. The van der Waals surface area contributed by atoms with Crippen molar-refractivity contribution < 1.29 is 0 Å². The zero-order valence-electron chi connectivity index (χ0n) is 11.0. The summed E-state index contributed by atoms with van der Waals surface area (Å²) >= 11 is 0. The van der Waals surface area contributed by atoms with Gasteiger partial charge >= 0.3 is 0 Å². The van der Waals surface area contributed by atoms with E-state index in [-0.39, 0.29) is 5.92 Å². The van der Waals surface area contributed by atoms with Crippen molar-refractivity contribution in [3.8, 4) is 0 Å². The van der Waals surface area contributed by atoms with E-state index < -0.39 is 0 Å². The van der Waals surface area contributed by atoms with Gasteiger partial charge < -0.3 is 10.6 Å². The molecule has 0 bridgehead atoms. The van der Waals surface area contributed by atoms with Crippen molar-refractivity contribution in [2.45, 2.75) is 5.92 Å². The van der Waals surface area contributed by atoms with Crippen LogP contribution in [0.2, 0.25) is 0 Å². The molecule has 0 saturated carbocycles. The summed E-state index contributed by atoms with van der Waals surface area (Å²) in [4.78, 5) is 2.10. The second-order valence-electron chi connectivity index (χ2n) is 4.68. The zero-order valence-corrected chi connectivity index (χ0v) is 11.0. The molecule has 0 aromatic heterocycles. The van der Waals surface area contributed by atoms with E-state index in [4.69, 9.17) is 5.73 Å². The Hall–Kier alpha value is -1.80. The van der Waals surface area contributed by atoms with Gasteiger partial charge in [0.2, 0.25) is 0 Å².